The van der Waals surface area contributed by atoms with Crippen LogP contribution in [0.5, 0.6) is 0 Å². The van der Waals surface area contributed by atoms with Gasteiger partial charge in [-0.15, -0.1) is 0 Å². The van der Waals surface area contributed by atoms with Gasteiger partial charge in [0.15, 0.2) is 4.34 Å². The lowest BCUT2D eigenvalue weighted by molar-refractivity contribution is -0.144. The summed E-state index contributed by atoms with van der Waals surface area (Å²) in [5.74, 6) is 0.736. The topological polar surface area (TPSA) is 75.1 Å². The van der Waals surface area contributed by atoms with Crippen molar-refractivity contribution < 1.29 is 9.90 Å². The zero-order valence-corrected chi connectivity index (χ0v) is 12.1. The third kappa shape index (κ3) is 3.66. The second kappa shape index (κ2) is 5.54. The van der Waals surface area contributed by atoms with Gasteiger partial charge in [0.2, 0.25) is 0 Å². The summed E-state index contributed by atoms with van der Waals surface area (Å²) in [5.41, 5.74) is -0.825. The molecule has 0 aromatic carbocycles. The van der Waals surface area contributed by atoms with E-state index in [9.17, 15) is 9.90 Å². The van der Waals surface area contributed by atoms with Crippen molar-refractivity contribution >= 4 is 29.3 Å². The van der Waals surface area contributed by atoms with Crippen LogP contribution in [0.4, 0.5) is 0 Å². The molecule has 0 amide bonds. The van der Waals surface area contributed by atoms with Crippen molar-refractivity contribution in [2.24, 2.45) is 0 Å². The highest BCUT2D eigenvalue weighted by Gasteiger charge is 2.38. The summed E-state index contributed by atoms with van der Waals surface area (Å²) >= 11 is 2.94. The molecular weight excluding hydrogens is 270 g/mol. The summed E-state index contributed by atoms with van der Waals surface area (Å²) < 4.78 is 5.01. The minimum atomic E-state index is -0.825. The Bertz CT molecular complexity index is 434. The third-order valence-corrected chi connectivity index (χ3v) is 4.84. The Labute approximate surface area is 115 Å². The van der Waals surface area contributed by atoms with Gasteiger partial charge in [-0.1, -0.05) is 11.8 Å². The molecule has 0 radical (unpaired) electrons. The Morgan fingerprint density at radius 1 is 1.67 bits per heavy atom. The molecule has 0 bridgehead atoms. The fourth-order valence-electron chi connectivity index (χ4n) is 1.60. The van der Waals surface area contributed by atoms with Crippen LogP contribution >= 0.6 is 23.3 Å². The lowest BCUT2D eigenvalue weighted by atomic mass is 9.99. The maximum absolute atomic E-state index is 11.3. The van der Waals surface area contributed by atoms with Gasteiger partial charge in [-0.25, -0.2) is 4.98 Å². The highest BCUT2D eigenvalue weighted by atomic mass is 32.2. The molecule has 0 aliphatic heterocycles. The Morgan fingerprint density at radius 2 is 2.39 bits per heavy atom. The largest absolute Gasteiger partial charge is 0.480 e. The first kappa shape index (κ1) is 13.8. The predicted molar refractivity (Wildman–Crippen MR) is 72.2 cm³/mol. The summed E-state index contributed by atoms with van der Waals surface area (Å²) in [6, 6.07) is 0.389. The van der Waals surface area contributed by atoms with E-state index in [1.165, 1.54) is 11.5 Å². The maximum Gasteiger partial charge on any atom is 0.323 e. The standard InChI is InChI=1S/C11H17N3O2S2/c1-7-12-10(18-14-7)17-6-5-11(2,9(15)16)13-8-3-4-8/h8,13H,3-6H2,1-2H3,(H,15,16). The Morgan fingerprint density at radius 3 is 2.89 bits per heavy atom. The van der Waals surface area contributed by atoms with Crippen LogP contribution in [0.3, 0.4) is 0 Å². The van der Waals surface area contributed by atoms with Gasteiger partial charge in [-0.3, -0.25) is 10.1 Å². The van der Waals surface area contributed by atoms with Crippen molar-refractivity contribution in [3.63, 3.8) is 0 Å². The molecule has 1 aliphatic rings. The number of hydrogen-bond acceptors (Lipinski definition) is 6. The summed E-state index contributed by atoms with van der Waals surface area (Å²) in [4.78, 5) is 15.6. The average molecular weight is 287 g/mol. The number of carbonyl (C=O) groups is 1. The first-order valence-corrected chi connectivity index (χ1v) is 7.70. The lowest BCUT2D eigenvalue weighted by Crippen LogP contribution is -2.50. The number of aliphatic carboxylic acids is 1. The Hall–Kier alpha value is -0.660. The second-order valence-electron chi connectivity index (χ2n) is 4.76. The predicted octanol–water partition coefficient (Wildman–Crippen LogP) is 1.92. The molecule has 1 aliphatic carbocycles. The fraction of sp³-hybridized carbons (Fsp3) is 0.727. The quantitative estimate of drug-likeness (QED) is 0.746. The van der Waals surface area contributed by atoms with E-state index < -0.39 is 11.5 Å². The van der Waals surface area contributed by atoms with Gasteiger partial charge in [-0.2, -0.15) is 4.37 Å². The van der Waals surface area contributed by atoms with E-state index in [-0.39, 0.29) is 0 Å². The van der Waals surface area contributed by atoms with Crippen LogP contribution < -0.4 is 5.32 Å². The fourth-order valence-corrected chi connectivity index (χ4v) is 3.48. The summed E-state index contributed by atoms with van der Waals surface area (Å²) in [6.45, 7) is 3.62. The van der Waals surface area contributed by atoms with E-state index in [4.69, 9.17) is 0 Å². The van der Waals surface area contributed by atoms with Crippen LogP contribution in [0.2, 0.25) is 0 Å². The molecule has 2 rings (SSSR count). The van der Waals surface area contributed by atoms with Crippen LogP contribution in [0.15, 0.2) is 4.34 Å². The third-order valence-electron chi connectivity index (χ3n) is 2.91. The van der Waals surface area contributed by atoms with Gasteiger partial charge in [0.1, 0.15) is 11.4 Å². The molecule has 0 spiro atoms. The molecule has 18 heavy (non-hydrogen) atoms. The molecule has 1 heterocycles. The average Bonchev–Trinajstić information content (AvgIpc) is 3.00. The summed E-state index contributed by atoms with van der Waals surface area (Å²) in [6.07, 6.45) is 2.76. The van der Waals surface area contributed by atoms with E-state index in [0.717, 1.165) is 28.8 Å². The van der Waals surface area contributed by atoms with Crippen molar-refractivity contribution in [2.45, 2.75) is 49.0 Å². The maximum atomic E-state index is 11.3. The molecule has 1 unspecified atom stereocenters. The van der Waals surface area contributed by atoms with Crippen LogP contribution in [-0.2, 0) is 4.79 Å². The highest BCUT2D eigenvalue weighted by Crippen LogP contribution is 2.27. The molecule has 0 saturated heterocycles. The number of thioether (sulfide) groups is 1. The number of nitrogens with zero attached hydrogens (tertiary/aromatic N) is 2. The second-order valence-corrected chi connectivity index (χ2v) is 6.86. The van der Waals surface area contributed by atoms with Gasteiger partial charge in [0.05, 0.1) is 0 Å². The Kier molecular flexibility index (Phi) is 4.24. The van der Waals surface area contributed by atoms with E-state index >= 15 is 0 Å². The normalized spacial score (nSPS) is 18.6. The van der Waals surface area contributed by atoms with Gasteiger partial charge in [-0.05, 0) is 44.6 Å². The van der Waals surface area contributed by atoms with E-state index in [2.05, 4.69) is 14.7 Å². The molecule has 1 aromatic heterocycles. The van der Waals surface area contributed by atoms with E-state index in [1.54, 1.807) is 18.7 Å². The molecular formula is C11H17N3O2S2. The van der Waals surface area contributed by atoms with Gasteiger partial charge in [0, 0.05) is 11.8 Å². The minimum absolute atomic E-state index is 0.389. The van der Waals surface area contributed by atoms with Crippen LogP contribution in [-0.4, -0.2) is 37.8 Å². The van der Waals surface area contributed by atoms with E-state index in [1.807, 2.05) is 6.92 Å². The first-order valence-electron chi connectivity index (χ1n) is 5.94. The summed E-state index contributed by atoms with van der Waals surface area (Å²) in [5, 5.41) is 12.5. The highest BCUT2D eigenvalue weighted by molar-refractivity contribution is 8.00. The minimum Gasteiger partial charge on any atom is -0.480 e. The SMILES string of the molecule is Cc1nsc(SCCC(C)(NC2CC2)C(=O)O)n1. The number of hydrogen-bond donors (Lipinski definition) is 2. The van der Waals surface area contributed by atoms with Gasteiger partial charge < -0.3 is 5.11 Å². The molecule has 1 atom stereocenters. The number of aromatic nitrogens is 2. The van der Waals surface area contributed by atoms with Crippen molar-refractivity contribution in [2.75, 3.05) is 5.75 Å². The zero-order valence-electron chi connectivity index (χ0n) is 10.5. The number of rotatable bonds is 7. The monoisotopic (exact) mass is 287 g/mol. The van der Waals surface area contributed by atoms with E-state index in [0.29, 0.717) is 12.5 Å². The Balaban J connectivity index is 1.83. The number of aryl methyl sites for hydroxylation is 1. The number of nitrogens with one attached hydrogen (secondary N) is 1. The van der Waals surface area contributed by atoms with Crippen LogP contribution in [0.1, 0.15) is 32.0 Å². The molecule has 1 saturated carbocycles. The van der Waals surface area contributed by atoms with Crippen molar-refractivity contribution in [1.29, 1.82) is 0 Å². The molecule has 2 N–H and O–H groups in total. The zero-order chi connectivity index (χ0) is 13.2. The van der Waals surface area contributed by atoms with Crippen LogP contribution in [0, 0.1) is 6.92 Å². The molecule has 1 fully saturated rings. The van der Waals surface area contributed by atoms with Gasteiger partial charge in [0.25, 0.3) is 0 Å². The number of carboxylic acid groups (broad SMARTS) is 1. The molecule has 7 heteroatoms. The molecule has 1 aromatic rings. The first-order chi connectivity index (χ1) is 8.49. The van der Waals surface area contributed by atoms with Gasteiger partial charge >= 0.3 is 5.97 Å². The molecule has 100 valence electrons. The lowest BCUT2D eigenvalue weighted by Gasteiger charge is -2.26. The van der Waals surface area contributed by atoms with Crippen LogP contribution in [0.25, 0.3) is 0 Å². The number of carboxylic acids is 1. The summed E-state index contributed by atoms with van der Waals surface area (Å²) in [7, 11) is 0. The van der Waals surface area contributed by atoms with Crippen molar-refractivity contribution in [1.82, 2.24) is 14.7 Å². The van der Waals surface area contributed by atoms with Crippen molar-refractivity contribution in [3.8, 4) is 0 Å². The van der Waals surface area contributed by atoms with Crippen molar-refractivity contribution in [3.05, 3.63) is 5.82 Å². The molecule has 5 nitrogen and oxygen atoms in total. The smallest absolute Gasteiger partial charge is 0.323 e.